The summed E-state index contributed by atoms with van der Waals surface area (Å²) in [6.45, 7) is 7.83. The number of carbonyl (C=O) groups is 1. The molecule has 2 atom stereocenters. The van der Waals surface area contributed by atoms with Crippen molar-refractivity contribution >= 4 is 30.3 Å². The van der Waals surface area contributed by atoms with E-state index in [-0.39, 0.29) is 5.91 Å². The van der Waals surface area contributed by atoms with Gasteiger partial charge in [0.2, 0.25) is 5.91 Å². The van der Waals surface area contributed by atoms with Gasteiger partial charge in [-0.2, -0.15) is 24.4 Å². The van der Waals surface area contributed by atoms with Crippen molar-refractivity contribution in [3.8, 4) is 0 Å². The molecule has 0 saturated carbocycles. The third-order valence-corrected chi connectivity index (χ3v) is 6.36. The fourth-order valence-electron chi connectivity index (χ4n) is 2.36. The zero-order valence-electron chi connectivity index (χ0n) is 11.9. The molecule has 1 N–H and O–H groups in total. The maximum absolute atomic E-state index is 11.4. The molecule has 0 aromatic rings. The molecule has 0 spiro atoms. The monoisotopic (exact) mass is 289 g/mol. The van der Waals surface area contributed by atoms with E-state index in [2.05, 4.69) is 50.5 Å². The Balaban J connectivity index is 2.13. The fourth-order valence-corrected chi connectivity index (χ4v) is 4.42. The van der Waals surface area contributed by atoms with Gasteiger partial charge in [-0.25, -0.2) is 0 Å². The van der Waals surface area contributed by atoms with Crippen molar-refractivity contribution in [3.05, 3.63) is 0 Å². The Morgan fingerprint density at radius 3 is 2.72 bits per heavy atom. The lowest BCUT2D eigenvalue weighted by atomic mass is 9.77. The molecule has 0 aromatic carbocycles. The number of thioether (sulfide) groups is 1. The molecular formula is C14H27NOS2. The molecule has 1 unspecified atom stereocenters. The average molecular weight is 290 g/mol. The molecule has 0 aliphatic carbocycles. The summed E-state index contributed by atoms with van der Waals surface area (Å²) >= 11 is 6.19. The SMILES string of the molecule is CC1CS[C@@H](CCCCC(=O)NCCS)C1(C)C. The second-order valence-electron chi connectivity index (χ2n) is 5.86. The molecule has 1 aliphatic rings. The molecule has 18 heavy (non-hydrogen) atoms. The quantitative estimate of drug-likeness (QED) is 0.556. The van der Waals surface area contributed by atoms with Crippen molar-refractivity contribution in [2.45, 2.75) is 51.7 Å². The van der Waals surface area contributed by atoms with Crippen LogP contribution in [-0.2, 0) is 4.79 Å². The Kier molecular flexibility index (Phi) is 6.93. The summed E-state index contributed by atoms with van der Waals surface area (Å²) in [4.78, 5) is 11.4. The standard InChI is InChI=1S/C14H27NOS2/c1-11-10-18-12(14(11,2)3)6-4-5-7-13(16)15-8-9-17/h11-12,17H,4-10H2,1-3H3,(H,15,16)/t11?,12-/m0/s1. The Labute approximate surface area is 121 Å². The van der Waals surface area contributed by atoms with Crippen LogP contribution in [0.4, 0.5) is 0 Å². The Hall–Kier alpha value is 0.170. The maximum atomic E-state index is 11.4. The van der Waals surface area contributed by atoms with Crippen molar-refractivity contribution in [2.24, 2.45) is 11.3 Å². The molecule has 1 fully saturated rings. The number of carbonyl (C=O) groups excluding carboxylic acids is 1. The molecule has 1 saturated heterocycles. The summed E-state index contributed by atoms with van der Waals surface area (Å²) in [6.07, 6.45) is 4.10. The number of hydrogen-bond acceptors (Lipinski definition) is 3. The topological polar surface area (TPSA) is 29.1 Å². The van der Waals surface area contributed by atoms with Crippen LogP contribution >= 0.6 is 24.4 Å². The molecule has 0 bridgehead atoms. The van der Waals surface area contributed by atoms with Gasteiger partial charge in [0.15, 0.2) is 0 Å². The predicted molar refractivity (Wildman–Crippen MR) is 84.5 cm³/mol. The normalized spacial score (nSPS) is 26.2. The van der Waals surface area contributed by atoms with Crippen LogP contribution in [0.15, 0.2) is 0 Å². The molecule has 1 rings (SSSR count). The first kappa shape index (κ1) is 16.2. The van der Waals surface area contributed by atoms with Crippen molar-refractivity contribution in [1.29, 1.82) is 0 Å². The Bertz CT molecular complexity index is 269. The molecule has 1 heterocycles. The van der Waals surface area contributed by atoms with E-state index in [1.807, 2.05) is 0 Å². The second-order valence-corrected chi connectivity index (χ2v) is 7.55. The average Bonchev–Trinajstić information content (AvgIpc) is 2.58. The Morgan fingerprint density at radius 1 is 1.44 bits per heavy atom. The summed E-state index contributed by atoms with van der Waals surface area (Å²) in [5, 5.41) is 3.63. The van der Waals surface area contributed by atoms with Gasteiger partial charge in [-0.3, -0.25) is 4.79 Å². The van der Waals surface area contributed by atoms with Crippen LogP contribution < -0.4 is 5.32 Å². The lowest BCUT2D eigenvalue weighted by Crippen LogP contribution is -2.27. The molecule has 0 radical (unpaired) electrons. The molecule has 4 heteroatoms. The number of unbranched alkanes of at least 4 members (excludes halogenated alkanes) is 1. The molecule has 0 aromatic heterocycles. The smallest absolute Gasteiger partial charge is 0.220 e. The van der Waals surface area contributed by atoms with Crippen molar-refractivity contribution in [2.75, 3.05) is 18.1 Å². The van der Waals surface area contributed by atoms with Crippen LogP contribution in [-0.4, -0.2) is 29.2 Å². The van der Waals surface area contributed by atoms with Crippen LogP contribution in [0.25, 0.3) is 0 Å². The van der Waals surface area contributed by atoms with E-state index in [9.17, 15) is 4.79 Å². The highest BCUT2D eigenvalue weighted by Gasteiger charge is 2.40. The van der Waals surface area contributed by atoms with Crippen LogP contribution in [0.2, 0.25) is 0 Å². The highest BCUT2D eigenvalue weighted by atomic mass is 32.2. The third-order valence-electron chi connectivity index (χ3n) is 4.20. The van der Waals surface area contributed by atoms with E-state index < -0.39 is 0 Å². The molecule has 106 valence electrons. The number of thiol groups is 1. The van der Waals surface area contributed by atoms with Gasteiger partial charge in [0.25, 0.3) is 0 Å². The van der Waals surface area contributed by atoms with E-state index in [1.54, 1.807) is 0 Å². The lowest BCUT2D eigenvalue weighted by Gasteiger charge is -2.30. The van der Waals surface area contributed by atoms with Crippen LogP contribution in [0.3, 0.4) is 0 Å². The third kappa shape index (κ3) is 4.69. The van der Waals surface area contributed by atoms with Crippen molar-refractivity contribution < 1.29 is 4.79 Å². The zero-order chi connectivity index (χ0) is 13.6. The first-order valence-electron chi connectivity index (χ1n) is 6.97. The zero-order valence-corrected chi connectivity index (χ0v) is 13.6. The van der Waals surface area contributed by atoms with Gasteiger partial charge in [0, 0.05) is 24.0 Å². The molecule has 1 amide bonds. The minimum absolute atomic E-state index is 0.177. The lowest BCUT2D eigenvalue weighted by molar-refractivity contribution is -0.121. The summed E-state index contributed by atoms with van der Waals surface area (Å²) in [5.74, 6) is 3.00. The highest BCUT2D eigenvalue weighted by Crippen LogP contribution is 2.48. The van der Waals surface area contributed by atoms with Gasteiger partial charge in [-0.15, -0.1) is 0 Å². The van der Waals surface area contributed by atoms with E-state index in [4.69, 9.17) is 0 Å². The van der Waals surface area contributed by atoms with E-state index in [1.165, 1.54) is 18.6 Å². The number of hydrogen-bond donors (Lipinski definition) is 2. The molecule has 1 aliphatic heterocycles. The van der Waals surface area contributed by atoms with Crippen LogP contribution in [0.1, 0.15) is 46.5 Å². The largest absolute Gasteiger partial charge is 0.355 e. The van der Waals surface area contributed by atoms with Gasteiger partial charge in [0.05, 0.1) is 0 Å². The fraction of sp³-hybridized carbons (Fsp3) is 0.929. The summed E-state index contributed by atoms with van der Waals surface area (Å²) < 4.78 is 0. The van der Waals surface area contributed by atoms with Gasteiger partial charge in [-0.05, 0) is 29.9 Å². The first-order valence-corrected chi connectivity index (χ1v) is 8.65. The highest BCUT2D eigenvalue weighted by molar-refractivity contribution is 8.00. The number of amides is 1. The van der Waals surface area contributed by atoms with Crippen LogP contribution in [0, 0.1) is 11.3 Å². The van der Waals surface area contributed by atoms with Crippen molar-refractivity contribution in [1.82, 2.24) is 5.32 Å². The number of nitrogens with one attached hydrogen (secondary N) is 1. The van der Waals surface area contributed by atoms with E-state index >= 15 is 0 Å². The summed E-state index contributed by atoms with van der Waals surface area (Å²) in [6, 6.07) is 0. The van der Waals surface area contributed by atoms with Crippen molar-refractivity contribution in [3.63, 3.8) is 0 Å². The Morgan fingerprint density at radius 2 is 2.17 bits per heavy atom. The van der Waals surface area contributed by atoms with Crippen LogP contribution in [0.5, 0.6) is 0 Å². The molecular weight excluding hydrogens is 262 g/mol. The summed E-state index contributed by atoms with van der Waals surface area (Å²) in [7, 11) is 0. The predicted octanol–water partition coefficient (Wildman–Crippen LogP) is 3.37. The van der Waals surface area contributed by atoms with Gasteiger partial charge < -0.3 is 5.32 Å². The summed E-state index contributed by atoms with van der Waals surface area (Å²) in [5.41, 5.74) is 0.457. The second kappa shape index (κ2) is 7.68. The minimum Gasteiger partial charge on any atom is -0.355 e. The molecule has 2 nitrogen and oxygen atoms in total. The first-order chi connectivity index (χ1) is 8.48. The van der Waals surface area contributed by atoms with Gasteiger partial charge in [0.1, 0.15) is 0 Å². The van der Waals surface area contributed by atoms with E-state index in [0.717, 1.165) is 23.3 Å². The van der Waals surface area contributed by atoms with E-state index in [0.29, 0.717) is 18.4 Å². The maximum Gasteiger partial charge on any atom is 0.220 e. The number of rotatable bonds is 7. The van der Waals surface area contributed by atoms with Gasteiger partial charge >= 0.3 is 0 Å². The van der Waals surface area contributed by atoms with Gasteiger partial charge in [-0.1, -0.05) is 27.2 Å². The minimum atomic E-state index is 0.177.